The molecule has 3 aliphatic heterocycles. The molecule has 10 heteroatoms. The standard InChI is InChI=1S/C34H37N7O3/c1-3-32(43)41-16-15-40(20-24(41)10-12-35)33-28-11-14-39(31-18-26(42)17-23-7-4-5-9-27(23)31)21-30(28)37-34(29(33)19-36)44-22-25-8-6-13-38(25)2/h3-5,7,9,17-18,24-25,42H,1,6,8,10-11,13-16,20-22H2,2H3/t24-,25-/m0/s1. The number of likely N-dealkylation sites (tertiary alicyclic amines) is 1. The molecule has 2 atom stereocenters. The summed E-state index contributed by atoms with van der Waals surface area (Å²) in [5, 5.41) is 32.6. The van der Waals surface area contributed by atoms with Gasteiger partial charge in [-0.15, -0.1) is 0 Å². The Balaban J connectivity index is 1.41. The fourth-order valence-electron chi connectivity index (χ4n) is 6.94. The number of hydrogen-bond donors (Lipinski definition) is 1. The maximum atomic E-state index is 12.6. The number of fused-ring (bicyclic) bond motifs is 2. The fraction of sp³-hybridized carbons (Fsp3) is 0.412. The Morgan fingerprint density at radius 1 is 1.16 bits per heavy atom. The molecule has 44 heavy (non-hydrogen) atoms. The number of amides is 1. The molecule has 0 spiro atoms. The van der Waals surface area contributed by atoms with Gasteiger partial charge in [-0.3, -0.25) is 4.79 Å². The predicted molar refractivity (Wildman–Crippen MR) is 169 cm³/mol. The van der Waals surface area contributed by atoms with Crippen molar-refractivity contribution in [3.8, 4) is 23.8 Å². The number of benzene rings is 2. The molecule has 0 saturated carbocycles. The van der Waals surface area contributed by atoms with Crippen LogP contribution in [0.5, 0.6) is 11.6 Å². The van der Waals surface area contributed by atoms with E-state index in [0.717, 1.165) is 52.8 Å². The van der Waals surface area contributed by atoms with Crippen LogP contribution in [0.4, 0.5) is 11.4 Å². The minimum atomic E-state index is -0.329. The van der Waals surface area contributed by atoms with E-state index in [1.54, 1.807) is 17.0 Å². The highest BCUT2D eigenvalue weighted by atomic mass is 16.5. The molecule has 1 N–H and O–H groups in total. The van der Waals surface area contributed by atoms with Crippen molar-refractivity contribution in [2.24, 2.45) is 0 Å². The summed E-state index contributed by atoms with van der Waals surface area (Å²) in [5.41, 5.74) is 3.95. The molecule has 2 aromatic carbocycles. The average molecular weight is 592 g/mol. The van der Waals surface area contributed by atoms with Crippen LogP contribution in [0.15, 0.2) is 49.1 Å². The summed E-state index contributed by atoms with van der Waals surface area (Å²) in [6, 6.07) is 16.1. The zero-order valence-electron chi connectivity index (χ0n) is 25.1. The Labute approximate surface area is 258 Å². The molecule has 1 amide bonds. The number of likely N-dealkylation sites (N-methyl/N-ethyl adjacent to an activating group) is 1. The third-order valence-corrected chi connectivity index (χ3v) is 9.24. The van der Waals surface area contributed by atoms with Gasteiger partial charge in [-0.25, -0.2) is 4.98 Å². The zero-order valence-corrected chi connectivity index (χ0v) is 25.1. The first-order valence-corrected chi connectivity index (χ1v) is 15.2. The Bertz CT molecular complexity index is 1680. The van der Waals surface area contributed by atoms with Gasteiger partial charge >= 0.3 is 0 Å². The van der Waals surface area contributed by atoms with Crippen LogP contribution in [0.1, 0.15) is 36.1 Å². The number of rotatable bonds is 7. The molecule has 3 aliphatic rings. The number of piperazine rings is 1. The van der Waals surface area contributed by atoms with Crippen molar-refractivity contribution in [2.45, 2.75) is 44.3 Å². The number of carbonyl (C=O) groups excluding carboxylic acids is 1. The second kappa shape index (κ2) is 12.4. The van der Waals surface area contributed by atoms with Gasteiger partial charge in [-0.1, -0.05) is 30.8 Å². The first-order valence-electron chi connectivity index (χ1n) is 15.2. The summed E-state index contributed by atoms with van der Waals surface area (Å²) in [7, 11) is 2.09. The van der Waals surface area contributed by atoms with Crippen LogP contribution in [0, 0.1) is 22.7 Å². The van der Waals surface area contributed by atoms with Crippen molar-refractivity contribution in [3.63, 3.8) is 0 Å². The Morgan fingerprint density at radius 2 is 2.00 bits per heavy atom. The number of anilines is 2. The summed E-state index contributed by atoms with van der Waals surface area (Å²) in [4.78, 5) is 25.9. The van der Waals surface area contributed by atoms with Gasteiger partial charge in [0.15, 0.2) is 0 Å². The SMILES string of the molecule is C=CC(=O)N1CCN(c2c(C#N)c(OC[C@@H]3CCCN3C)nc3c2CCN(c2cc(O)cc4ccccc24)C3)C[C@@H]1CC#N. The van der Waals surface area contributed by atoms with E-state index in [2.05, 4.69) is 46.5 Å². The van der Waals surface area contributed by atoms with Gasteiger partial charge in [0.05, 0.1) is 36.5 Å². The molecular weight excluding hydrogens is 554 g/mol. The lowest BCUT2D eigenvalue weighted by Crippen LogP contribution is -2.55. The highest BCUT2D eigenvalue weighted by molar-refractivity contribution is 5.96. The number of carbonyl (C=O) groups is 1. The van der Waals surface area contributed by atoms with Crippen molar-refractivity contribution in [1.29, 1.82) is 10.5 Å². The van der Waals surface area contributed by atoms with Crippen molar-refractivity contribution in [2.75, 3.05) is 56.2 Å². The minimum absolute atomic E-state index is 0.182. The first kappa shape index (κ1) is 29.3. The molecule has 10 nitrogen and oxygen atoms in total. The van der Waals surface area contributed by atoms with Crippen molar-refractivity contribution < 1.29 is 14.6 Å². The number of nitriles is 2. The predicted octanol–water partition coefficient (Wildman–Crippen LogP) is 3.96. The fourth-order valence-corrected chi connectivity index (χ4v) is 6.94. The number of phenols is 1. The number of nitrogens with zero attached hydrogens (tertiary/aromatic N) is 7. The van der Waals surface area contributed by atoms with Gasteiger partial charge in [-0.05, 0) is 50.4 Å². The van der Waals surface area contributed by atoms with E-state index in [1.807, 2.05) is 18.2 Å². The van der Waals surface area contributed by atoms with E-state index < -0.39 is 0 Å². The molecule has 2 fully saturated rings. The highest BCUT2D eigenvalue weighted by Gasteiger charge is 2.35. The van der Waals surface area contributed by atoms with E-state index in [4.69, 9.17) is 9.72 Å². The second-order valence-corrected chi connectivity index (χ2v) is 11.8. The molecule has 0 bridgehead atoms. The smallest absolute Gasteiger partial charge is 0.246 e. The second-order valence-electron chi connectivity index (χ2n) is 11.8. The van der Waals surface area contributed by atoms with Crippen LogP contribution in [0.25, 0.3) is 10.8 Å². The molecule has 0 aliphatic carbocycles. The van der Waals surface area contributed by atoms with E-state index >= 15 is 0 Å². The molecule has 226 valence electrons. The van der Waals surface area contributed by atoms with Gasteiger partial charge in [0, 0.05) is 54.9 Å². The lowest BCUT2D eigenvalue weighted by molar-refractivity contribution is -0.128. The van der Waals surface area contributed by atoms with E-state index in [1.165, 1.54) is 6.08 Å². The van der Waals surface area contributed by atoms with Gasteiger partial charge in [0.1, 0.15) is 24.0 Å². The molecular formula is C34H37N7O3. The molecule has 4 heterocycles. The number of aromatic nitrogens is 1. The quantitative estimate of drug-likeness (QED) is 0.407. The third kappa shape index (κ3) is 5.49. The van der Waals surface area contributed by atoms with Crippen LogP contribution in [0.2, 0.25) is 0 Å². The van der Waals surface area contributed by atoms with Crippen LogP contribution in [-0.4, -0.2) is 84.3 Å². The van der Waals surface area contributed by atoms with Crippen molar-refractivity contribution >= 4 is 28.1 Å². The normalized spacial score (nSPS) is 20.2. The molecule has 1 aromatic heterocycles. The number of hydrogen-bond acceptors (Lipinski definition) is 9. The highest BCUT2D eigenvalue weighted by Crippen LogP contribution is 2.40. The topological polar surface area (TPSA) is 120 Å². The molecule has 3 aromatic rings. The van der Waals surface area contributed by atoms with Crippen molar-refractivity contribution in [1.82, 2.24) is 14.8 Å². The van der Waals surface area contributed by atoms with Gasteiger partial charge < -0.3 is 29.4 Å². The van der Waals surface area contributed by atoms with E-state index in [0.29, 0.717) is 57.2 Å². The van der Waals surface area contributed by atoms with E-state index in [-0.39, 0.29) is 30.2 Å². The average Bonchev–Trinajstić information content (AvgIpc) is 3.46. The lowest BCUT2D eigenvalue weighted by atomic mass is 9.96. The van der Waals surface area contributed by atoms with Crippen LogP contribution < -0.4 is 14.5 Å². The van der Waals surface area contributed by atoms with Crippen LogP contribution >= 0.6 is 0 Å². The zero-order chi connectivity index (χ0) is 30.8. The molecule has 6 rings (SSSR count). The number of phenolic OH excluding ortho intramolecular Hbond substituents is 1. The Morgan fingerprint density at radius 3 is 2.75 bits per heavy atom. The van der Waals surface area contributed by atoms with Gasteiger partial charge in [-0.2, -0.15) is 10.5 Å². The third-order valence-electron chi connectivity index (χ3n) is 9.24. The van der Waals surface area contributed by atoms with Crippen molar-refractivity contribution in [3.05, 3.63) is 65.9 Å². The summed E-state index contributed by atoms with van der Waals surface area (Å²) in [6.07, 6.45) is 4.25. The first-order chi connectivity index (χ1) is 21.4. The molecule has 0 radical (unpaired) electrons. The van der Waals surface area contributed by atoms with Crippen LogP contribution in [0.3, 0.4) is 0 Å². The van der Waals surface area contributed by atoms with Crippen LogP contribution in [-0.2, 0) is 17.8 Å². The number of ether oxygens (including phenoxy) is 1. The summed E-state index contributed by atoms with van der Waals surface area (Å²) in [6.45, 7) is 7.60. The summed E-state index contributed by atoms with van der Waals surface area (Å²) >= 11 is 0. The molecule has 0 unspecified atom stereocenters. The van der Waals surface area contributed by atoms with Gasteiger partial charge in [0.25, 0.3) is 0 Å². The summed E-state index contributed by atoms with van der Waals surface area (Å²) in [5.74, 6) is 0.338. The lowest BCUT2D eigenvalue weighted by Gasteiger charge is -2.43. The molecule has 2 saturated heterocycles. The minimum Gasteiger partial charge on any atom is -0.508 e. The summed E-state index contributed by atoms with van der Waals surface area (Å²) < 4.78 is 6.37. The maximum Gasteiger partial charge on any atom is 0.246 e. The van der Waals surface area contributed by atoms with Gasteiger partial charge in [0.2, 0.25) is 11.8 Å². The monoisotopic (exact) mass is 591 g/mol. The largest absolute Gasteiger partial charge is 0.508 e. The maximum absolute atomic E-state index is 12.6. The number of aromatic hydroxyl groups is 1. The Kier molecular flexibility index (Phi) is 8.28. The Hall–Kier alpha value is -4.80. The van der Waals surface area contributed by atoms with E-state index in [9.17, 15) is 20.4 Å². The number of pyridine rings is 1.